The molecule has 0 bridgehead atoms. The molecule has 8 N–H and O–H groups in total. The van der Waals surface area contributed by atoms with E-state index in [0.717, 1.165) is 0 Å². The number of aliphatic hydroxyl groups is 8. The molecule has 142 valence electrons. The van der Waals surface area contributed by atoms with Gasteiger partial charge in [0, 0.05) is 0 Å². The summed E-state index contributed by atoms with van der Waals surface area (Å²) in [7, 11) is 0. The topological polar surface area (TPSA) is 190 Å². The lowest BCUT2D eigenvalue weighted by Gasteiger charge is -2.40. The third-order valence-corrected chi connectivity index (χ3v) is 4.28. The highest BCUT2D eigenvalue weighted by molar-refractivity contribution is 4.96. The average Bonchev–Trinajstić information content (AvgIpc) is 2.79. The lowest BCUT2D eigenvalue weighted by atomic mass is 9.95. The molecule has 2 heterocycles. The van der Waals surface area contributed by atoms with Crippen molar-refractivity contribution in [2.45, 2.75) is 54.6 Å². The van der Waals surface area contributed by atoms with E-state index in [1.807, 2.05) is 0 Å². The fourth-order valence-electron chi connectivity index (χ4n) is 2.77. The van der Waals surface area contributed by atoms with Gasteiger partial charge in [-0.25, -0.2) is 0 Å². The minimum absolute atomic E-state index is 0.361. The maximum atomic E-state index is 10.1. The van der Waals surface area contributed by atoms with Gasteiger partial charge in [0.2, 0.25) is 5.79 Å². The average molecular weight is 356 g/mol. The molecule has 0 aliphatic carbocycles. The Hall–Kier alpha value is -0.440. The van der Waals surface area contributed by atoms with E-state index in [-0.39, 0.29) is 6.61 Å². The predicted molar refractivity (Wildman–Crippen MR) is 73.5 cm³/mol. The van der Waals surface area contributed by atoms with Gasteiger partial charge in [0.15, 0.2) is 0 Å². The van der Waals surface area contributed by atoms with Crippen LogP contribution < -0.4 is 0 Å². The van der Waals surface area contributed by atoms with Crippen LogP contribution >= 0.6 is 0 Å². The molecule has 2 fully saturated rings. The zero-order valence-corrected chi connectivity index (χ0v) is 12.7. The van der Waals surface area contributed by atoms with E-state index >= 15 is 0 Å². The third-order valence-electron chi connectivity index (χ3n) is 4.28. The molecule has 2 saturated heterocycles. The van der Waals surface area contributed by atoms with Gasteiger partial charge in [-0.15, -0.1) is 0 Å². The van der Waals surface area contributed by atoms with E-state index in [0.29, 0.717) is 0 Å². The van der Waals surface area contributed by atoms with Crippen molar-refractivity contribution in [3.05, 3.63) is 0 Å². The first-order valence-corrected chi connectivity index (χ1v) is 7.50. The Morgan fingerprint density at radius 3 is 1.92 bits per heavy atom. The maximum absolute atomic E-state index is 10.1. The Bertz CT molecular complexity index is 407. The normalized spacial score (nSPS) is 49.5. The first-order chi connectivity index (χ1) is 11.2. The Morgan fingerprint density at radius 1 is 0.792 bits per heavy atom. The summed E-state index contributed by atoms with van der Waals surface area (Å²) < 4.78 is 15.3. The molecule has 0 aromatic rings. The van der Waals surface area contributed by atoms with Gasteiger partial charge in [-0.3, -0.25) is 0 Å². The van der Waals surface area contributed by atoms with E-state index < -0.39 is 74.4 Å². The van der Waals surface area contributed by atoms with Crippen LogP contribution in [0.2, 0.25) is 0 Å². The second-order valence-electron chi connectivity index (χ2n) is 6.00. The summed E-state index contributed by atoms with van der Waals surface area (Å²) in [6.45, 7) is -2.18. The van der Waals surface area contributed by atoms with Crippen LogP contribution in [-0.2, 0) is 14.2 Å². The summed E-state index contributed by atoms with van der Waals surface area (Å²) in [6, 6.07) is 0. The van der Waals surface area contributed by atoms with Crippen molar-refractivity contribution in [2.75, 3.05) is 26.4 Å². The molecule has 0 amide bonds. The van der Waals surface area contributed by atoms with Crippen molar-refractivity contribution in [2.24, 2.45) is 0 Å². The third kappa shape index (κ3) is 3.71. The van der Waals surface area contributed by atoms with Crippen molar-refractivity contribution >= 4 is 0 Å². The van der Waals surface area contributed by atoms with Gasteiger partial charge in [-0.1, -0.05) is 0 Å². The van der Waals surface area contributed by atoms with E-state index in [1.54, 1.807) is 0 Å². The molecule has 0 saturated carbocycles. The number of hydrogen-bond donors (Lipinski definition) is 8. The highest BCUT2D eigenvalue weighted by Gasteiger charge is 2.53. The van der Waals surface area contributed by atoms with Crippen molar-refractivity contribution in [3.63, 3.8) is 0 Å². The van der Waals surface area contributed by atoms with Gasteiger partial charge in [-0.2, -0.15) is 0 Å². The van der Waals surface area contributed by atoms with Crippen LogP contribution in [0.5, 0.6) is 0 Å². The van der Waals surface area contributed by atoms with Crippen molar-refractivity contribution in [1.82, 2.24) is 0 Å². The molecule has 11 nitrogen and oxygen atoms in total. The quantitative estimate of drug-likeness (QED) is 0.227. The largest absolute Gasteiger partial charge is 0.394 e. The molecule has 24 heavy (non-hydrogen) atoms. The Kier molecular flexibility index (Phi) is 6.50. The SMILES string of the molecule is OC[C@H]1OC(COC[C@@]2(O)O[C@H](CO)[C@H](O)[C@@H]2O)[C@H](O)[C@@H](O)[C@@H]1O. The Labute approximate surface area is 137 Å². The summed E-state index contributed by atoms with van der Waals surface area (Å²) in [5.41, 5.74) is 0. The van der Waals surface area contributed by atoms with Gasteiger partial charge in [0.05, 0.1) is 19.8 Å². The summed E-state index contributed by atoms with van der Waals surface area (Å²) in [5.74, 6) is -2.26. The molecule has 0 aromatic heterocycles. The zero-order chi connectivity index (χ0) is 18.1. The molecule has 0 radical (unpaired) electrons. The second kappa shape index (κ2) is 7.85. The molecule has 1 unspecified atom stereocenters. The number of hydrogen-bond acceptors (Lipinski definition) is 11. The van der Waals surface area contributed by atoms with Crippen LogP contribution in [0, 0.1) is 0 Å². The van der Waals surface area contributed by atoms with Crippen LogP contribution in [0.15, 0.2) is 0 Å². The second-order valence-corrected chi connectivity index (χ2v) is 6.00. The van der Waals surface area contributed by atoms with E-state index in [9.17, 15) is 30.6 Å². The summed E-state index contributed by atoms with van der Waals surface area (Å²) in [6.07, 6.45) is -11.1. The van der Waals surface area contributed by atoms with Crippen LogP contribution in [0.3, 0.4) is 0 Å². The summed E-state index contributed by atoms with van der Waals surface area (Å²) in [5, 5.41) is 76.7. The highest BCUT2D eigenvalue weighted by atomic mass is 16.7. The van der Waals surface area contributed by atoms with Gasteiger partial charge in [0.1, 0.15) is 55.4 Å². The van der Waals surface area contributed by atoms with Gasteiger partial charge >= 0.3 is 0 Å². The van der Waals surface area contributed by atoms with E-state index in [4.69, 9.17) is 24.4 Å². The van der Waals surface area contributed by atoms with E-state index in [1.165, 1.54) is 0 Å². The number of rotatable bonds is 6. The Balaban J connectivity index is 1.89. The molecular weight excluding hydrogens is 332 g/mol. The molecule has 0 aromatic carbocycles. The van der Waals surface area contributed by atoms with Crippen LogP contribution in [0.1, 0.15) is 0 Å². The fraction of sp³-hybridized carbons (Fsp3) is 1.00. The standard InChI is InChI=1S/C13H24O11/c14-1-5-8(16)11(19)9(17)7(23-5)3-22-4-13(21)12(20)10(18)6(2-15)24-13/h5-12,14-21H,1-4H2/t5-,6-,7?,8-,9+,10+,11+,12+,13-/m1/s1. The number of aliphatic hydroxyl groups excluding tert-OH is 7. The fourth-order valence-corrected chi connectivity index (χ4v) is 2.77. The first-order valence-electron chi connectivity index (χ1n) is 7.50. The van der Waals surface area contributed by atoms with Crippen molar-refractivity contribution in [3.8, 4) is 0 Å². The van der Waals surface area contributed by atoms with E-state index in [2.05, 4.69) is 0 Å². The Morgan fingerprint density at radius 2 is 1.38 bits per heavy atom. The summed E-state index contributed by atoms with van der Waals surface area (Å²) >= 11 is 0. The highest BCUT2D eigenvalue weighted by Crippen LogP contribution is 2.30. The van der Waals surface area contributed by atoms with Crippen LogP contribution in [0.4, 0.5) is 0 Å². The lowest BCUT2D eigenvalue weighted by molar-refractivity contribution is -0.271. The lowest BCUT2D eigenvalue weighted by Crippen LogP contribution is -2.59. The number of ether oxygens (including phenoxy) is 3. The molecule has 11 heteroatoms. The molecule has 9 atom stereocenters. The predicted octanol–water partition coefficient (Wildman–Crippen LogP) is -5.35. The minimum Gasteiger partial charge on any atom is -0.394 e. The molecular formula is C13H24O11. The van der Waals surface area contributed by atoms with Gasteiger partial charge < -0.3 is 55.1 Å². The van der Waals surface area contributed by atoms with Crippen LogP contribution in [0.25, 0.3) is 0 Å². The van der Waals surface area contributed by atoms with Crippen LogP contribution in [-0.4, -0.2) is 122 Å². The van der Waals surface area contributed by atoms with Crippen molar-refractivity contribution in [1.29, 1.82) is 0 Å². The molecule has 2 aliphatic heterocycles. The monoisotopic (exact) mass is 356 g/mol. The summed E-state index contributed by atoms with van der Waals surface area (Å²) in [4.78, 5) is 0. The van der Waals surface area contributed by atoms with Gasteiger partial charge in [0.25, 0.3) is 0 Å². The maximum Gasteiger partial charge on any atom is 0.219 e. The molecule has 0 spiro atoms. The van der Waals surface area contributed by atoms with Crippen molar-refractivity contribution < 1.29 is 55.1 Å². The molecule has 2 aliphatic rings. The molecule has 2 rings (SSSR count). The zero-order valence-electron chi connectivity index (χ0n) is 12.7. The van der Waals surface area contributed by atoms with Gasteiger partial charge in [-0.05, 0) is 0 Å². The first kappa shape index (κ1) is 19.9. The minimum atomic E-state index is -2.26. The smallest absolute Gasteiger partial charge is 0.219 e.